The molecule has 0 bridgehead atoms. The summed E-state index contributed by atoms with van der Waals surface area (Å²) in [6, 6.07) is 13.9. The molecule has 0 amide bonds. The first-order valence-electron chi connectivity index (χ1n) is 11.4. The van der Waals surface area contributed by atoms with Crippen molar-refractivity contribution in [2.24, 2.45) is 0 Å². The normalized spacial score (nSPS) is 14.2. The summed E-state index contributed by atoms with van der Waals surface area (Å²) in [6.45, 7) is 14.2. The highest BCUT2D eigenvalue weighted by Gasteiger charge is 2.20. The van der Waals surface area contributed by atoms with E-state index in [1.807, 2.05) is 0 Å². The van der Waals surface area contributed by atoms with E-state index in [4.69, 9.17) is 12.2 Å². The number of fused-ring (bicyclic) bond motifs is 1. The molecule has 1 aliphatic rings. The van der Waals surface area contributed by atoms with Crippen molar-refractivity contribution in [3.05, 3.63) is 58.7 Å². The SMILES string of the molecule is CCCN1CCCc2cc(CN(C(=S)Nc3cc(C)cc(C)c3)C(C)CC)ccc21. The van der Waals surface area contributed by atoms with Gasteiger partial charge in [-0.25, -0.2) is 0 Å². The number of hydrogen-bond donors (Lipinski definition) is 1. The van der Waals surface area contributed by atoms with Crippen LogP contribution in [-0.4, -0.2) is 29.1 Å². The maximum absolute atomic E-state index is 5.87. The largest absolute Gasteiger partial charge is 0.371 e. The minimum atomic E-state index is 0.378. The second kappa shape index (κ2) is 10.3. The Morgan fingerprint density at radius 3 is 2.53 bits per heavy atom. The quantitative estimate of drug-likeness (QED) is 0.515. The van der Waals surface area contributed by atoms with Gasteiger partial charge in [0.15, 0.2) is 5.11 Å². The van der Waals surface area contributed by atoms with Crippen molar-refractivity contribution in [2.75, 3.05) is 23.3 Å². The van der Waals surface area contributed by atoms with Crippen molar-refractivity contribution in [3.63, 3.8) is 0 Å². The molecular formula is C26H37N3S. The molecule has 2 aromatic carbocycles. The molecule has 30 heavy (non-hydrogen) atoms. The summed E-state index contributed by atoms with van der Waals surface area (Å²) in [5, 5.41) is 4.30. The first kappa shape index (κ1) is 22.6. The van der Waals surface area contributed by atoms with E-state index >= 15 is 0 Å². The van der Waals surface area contributed by atoms with Crippen LogP contribution in [0.3, 0.4) is 0 Å². The van der Waals surface area contributed by atoms with Gasteiger partial charge in [0.25, 0.3) is 0 Å². The molecule has 2 aromatic rings. The molecule has 0 aromatic heterocycles. The van der Waals surface area contributed by atoms with E-state index in [0.717, 1.165) is 30.3 Å². The van der Waals surface area contributed by atoms with Gasteiger partial charge in [-0.1, -0.05) is 32.0 Å². The van der Waals surface area contributed by atoms with Crippen molar-refractivity contribution >= 4 is 28.7 Å². The fourth-order valence-electron chi connectivity index (χ4n) is 4.42. The topological polar surface area (TPSA) is 18.5 Å². The minimum absolute atomic E-state index is 0.378. The molecule has 3 rings (SSSR count). The molecule has 4 heteroatoms. The summed E-state index contributed by atoms with van der Waals surface area (Å²) in [4.78, 5) is 4.88. The molecule has 1 unspecified atom stereocenters. The van der Waals surface area contributed by atoms with Crippen molar-refractivity contribution < 1.29 is 0 Å². The van der Waals surface area contributed by atoms with Gasteiger partial charge in [0.2, 0.25) is 0 Å². The summed E-state index contributed by atoms with van der Waals surface area (Å²) >= 11 is 5.87. The van der Waals surface area contributed by atoms with Crippen LogP contribution in [0.5, 0.6) is 0 Å². The molecule has 162 valence electrons. The maximum Gasteiger partial charge on any atom is 0.173 e. The molecular weight excluding hydrogens is 386 g/mol. The third kappa shape index (κ3) is 5.54. The Kier molecular flexibility index (Phi) is 7.76. The number of nitrogens with one attached hydrogen (secondary N) is 1. The van der Waals surface area contributed by atoms with Crippen LogP contribution in [0.4, 0.5) is 11.4 Å². The van der Waals surface area contributed by atoms with Gasteiger partial charge in [0, 0.05) is 37.1 Å². The maximum atomic E-state index is 5.87. The highest BCUT2D eigenvalue weighted by Crippen LogP contribution is 2.29. The molecule has 0 radical (unpaired) electrons. The molecule has 0 spiro atoms. The molecule has 1 atom stereocenters. The van der Waals surface area contributed by atoms with E-state index < -0.39 is 0 Å². The van der Waals surface area contributed by atoms with Crippen molar-refractivity contribution in [3.8, 4) is 0 Å². The predicted molar refractivity (Wildman–Crippen MR) is 135 cm³/mol. The van der Waals surface area contributed by atoms with Crippen molar-refractivity contribution in [1.29, 1.82) is 0 Å². The van der Waals surface area contributed by atoms with E-state index in [1.54, 1.807) is 0 Å². The lowest BCUT2D eigenvalue weighted by Crippen LogP contribution is -2.40. The van der Waals surface area contributed by atoms with Gasteiger partial charge in [0.1, 0.15) is 0 Å². The zero-order valence-electron chi connectivity index (χ0n) is 19.3. The number of thiocarbonyl (C=S) groups is 1. The molecule has 1 aliphatic heterocycles. The van der Waals surface area contributed by atoms with E-state index in [9.17, 15) is 0 Å². The molecule has 1 heterocycles. The number of anilines is 2. The number of nitrogens with zero attached hydrogens (tertiary/aromatic N) is 2. The number of aryl methyl sites for hydroxylation is 3. The monoisotopic (exact) mass is 423 g/mol. The Balaban J connectivity index is 1.78. The first-order chi connectivity index (χ1) is 14.4. The highest BCUT2D eigenvalue weighted by molar-refractivity contribution is 7.80. The van der Waals surface area contributed by atoms with Crippen molar-refractivity contribution in [1.82, 2.24) is 4.90 Å². The van der Waals surface area contributed by atoms with Gasteiger partial charge < -0.3 is 15.1 Å². The minimum Gasteiger partial charge on any atom is -0.371 e. The summed E-state index contributed by atoms with van der Waals surface area (Å²) in [6.07, 6.45) is 4.68. The van der Waals surface area contributed by atoms with Crippen LogP contribution in [0.25, 0.3) is 0 Å². The molecule has 0 aliphatic carbocycles. The van der Waals surface area contributed by atoms with Crippen LogP contribution in [0.2, 0.25) is 0 Å². The second-order valence-electron chi connectivity index (χ2n) is 8.75. The highest BCUT2D eigenvalue weighted by atomic mass is 32.1. The van der Waals surface area contributed by atoms with Gasteiger partial charge in [0.05, 0.1) is 0 Å². The van der Waals surface area contributed by atoms with Gasteiger partial charge in [-0.15, -0.1) is 0 Å². The Morgan fingerprint density at radius 2 is 1.87 bits per heavy atom. The molecule has 0 saturated heterocycles. The van der Waals surface area contributed by atoms with Crippen LogP contribution in [-0.2, 0) is 13.0 Å². The fraction of sp³-hybridized carbons (Fsp3) is 0.500. The predicted octanol–water partition coefficient (Wildman–Crippen LogP) is 6.46. The zero-order valence-corrected chi connectivity index (χ0v) is 20.1. The van der Waals surface area contributed by atoms with E-state index in [0.29, 0.717) is 6.04 Å². The van der Waals surface area contributed by atoms with E-state index in [2.05, 4.69) is 86.1 Å². The first-order valence-corrected chi connectivity index (χ1v) is 11.8. The second-order valence-corrected chi connectivity index (χ2v) is 9.13. The molecule has 0 fully saturated rings. The number of benzene rings is 2. The van der Waals surface area contributed by atoms with Crippen LogP contribution in [0.1, 0.15) is 62.3 Å². The van der Waals surface area contributed by atoms with E-state index in [1.165, 1.54) is 53.7 Å². The third-order valence-corrected chi connectivity index (χ3v) is 6.40. The van der Waals surface area contributed by atoms with Gasteiger partial charge >= 0.3 is 0 Å². The Morgan fingerprint density at radius 1 is 1.13 bits per heavy atom. The van der Waals surface area contributed by atoms with E-state index in [-0.39, 0.29) is 0 Å². The van der Waals surface area contributed by atoms with Gasteiger partial charge in [-0.3, -0.25) is 0 Å². The molecule has 1 N–H and O–H groups in total. The zero-order chi connectivity index (χ0) is 21.7. The Labute approximate surface area is 188 Å². The average molecular weight is 424 g/mol. The summed E-state index contributed by atoms with van der Waals surface area (Å²) in [5.74, 6) is 0. The standard InChI is InChI=1S/C26H37N3S/c1-6-12-28-13-8-9-23-17-22(10-11-25(23)28)18-29(21(5)7-2)26(30)27-24-15-19(3)14-20(4)16-24/h10-11,14-17,21H,6-9,12-13,18H2,1-5H3,(H,27,30). The van der Waals surface area contributed by atoms with Crippen LogP contribution in [0, 0.1) is 13.8 Å². The number of hydrogen-bond acceptors (Lipinski definition) is 2. The Hall–Kier alpha value is -2.07. The van der Waals surface area contributed by atoms with Crippen LogP contribution in [0.15, 0.2) is 36.4 Å². The van der Waals surface area contributed by atoms with Crippen LogP contribution < -0.4 is 10.2 Å². The van der Waals surface area contributed by atoms with Gasteiger partial charge in [-0.05, 0) is 99.1 Å². The molecule has 0 saturated carbocycles. The summed E-state index contributed by atoms with van der Waals surface area (Å²) < 4.78 is 0. The lowest BCUT2D eigenvalue weighted by atomic mass is 9.98. The van der Waals surface area contributed by atoms with Gasteiger partial charge in [-0.2, -0.15) is 0 Å². The molecule has 3 nitrogen and oxygen atoms in total. The van der Waals surface area contributed by atoms with Crippen LogP contribution >= 0.6 is 12.2 Å². The fourth-order valence-corrected chi connectivity index (χ4v) is 4.78. The smallest absolute Gasteiger partial charge is 0.173 e. The third-order valence-electron chi connectivity index (χ3n) is 6.06. The summed E-state index contributed by atoms with van der Waals surface area (Å²) in [5.41, 5.74) is 7.84. The number of rotatable bonds is 7. The Bertz CT molecular complexity index is 856. The lowest BCUT2D eigenvalue weighted by Gasteiger charge is -2.34. The lowest BCUT2D eigenvalue weighted by molar-refractivity contribution is 0.319. The summed E-state index contributed by atoms with van der Waals surface area (Å²) in [7, 11) is 0. The average Bonchev–Trinajstić information content (AvgIpc) is 2.71. The van der Waals surface area contributed by atoms with Crippen molar-refractivity contribution in [2.45, 2.75) is 72.9 Å².